The summed E-state index contributed by atoms with van der Waals surface area (Å²) in [5, 5.41) is 2.91. The highest BCUT2D eigenvalue weighted by molar-refractivity contribution is 7.80. The molecule has 0 aliphatic carbocycles. The maximum atomic E-state index is 11.6. The molecule has 0 aliphatic rings. The van der Waals surface area contributed by atoms with Crippen molar-refractivity contribution in [3.63, 3.8) is 0 Å². The van der Waals surface area contributed by atoms with Gasteiger partial charge in [0.2, 0.25) is 5.91 Å². The number of amides is 1. The molecule has 1 atom stereocenters. The molecule has 4 heteroatoms. The summed E-state index contributed by atoms with van der Waals surface area (Å²) in [4.78, 5) is 12.0. The molecule has 0 saturated carbocycles. The minimum Gasteiger partial charge on any atom is -0.389 e. The van der Waals surface area contributed by atoms with E-state index in [1.807, 2.05) is 24.3 Å². The van der Waals surface area contributed by atoms with Crippen molar-refractivity contribution >= 4 is 23.1 Å². The zero-order chi connectivity index (χ0) is 13.5. The lowest BCUT2D eigenvalue weighted by Gasteiger charge is -2.09. The molecular formula is C14H20N2OS. The van der Waals surface area contributed by atoms with Crippen molar-refractivity contribution in [2.45, 2.75) is 33.2 Å². The average Bonchev–Trinajstić information content (AvgIpc) is 2.36. The van der Waals surface area contributed by atoms with E-state index >= 15 is 0 Å². The topological polar surface area (TPSA) is 55.1 Å². The molecule has 0 aliphatic heterocycles. The smallest absolute Gasteiger partial charge is 0.220 e. The second-order valence-corrected chi connectivity index (χ2v) is 5.00. The fourth-order valence-corrected chi connectivity index (χ4v) is 1.66. The number of carbonyl (C=O) groups excluding carboxylic acids is 1. The number of nitrogens with two attached hydrogens (primary N) is 1. The summed E-state index contributed by atoms with van der Waals surface area (Å²) in [6.45, 7) is 4.72. The van der Waals surface area contributed by atoms with Crippen LogP contribution < -0.4 is 11.1 Å². The van der Waals surface area contributed by atoms with Gasteiger partial charge in [0.25, 0.3) is 0 Å². The van der Waals surface area contributed by atoms with Crippen LogP contribution in [0, 0.1) is 5.92 Å². The van der Waals surface area contributed by atoms with Gasteiger partial charge in [0.1, 0.15) is 4.99 Å². The van der Waals surface area contributed by atoms with Gasteiger partial charge in [-0.15, -0.1) is 0 Å². The lowest BCUT2D eigenvalue weighted by atomic mass is 10.0. The van der Waals surface area contributed by atoms with E-state index in [2.05, 4.69) is 19.2 Å². The molecule has 1 aromatic carbocycles. The summed E-state index contributed by atoms with van der Waals surface area (Å²) in [7, 11) is 0. The van der Waals surface area contributed by atoms with Crippen molar-refractivity contribution < 1.29 is 4.79 Å². The van der Waals surface area contributed by atoms with Crippen molar-refractivity contribution in [2.75, 3.05) is 0 Å². The Hall–Kier alpha value is -1.42. The Morgan fingerprint density at radius 3 is 2.50 bits per heavy atom. The Labute approximate surface area is 114 Å². The van der Waals surface area contributed by atoms with Gasteiger partial charge < -0.3 is 11.1 Å². The van der Waals surface area contributed by atoms with Gasteiger partial charge in [0.15, 0.2) is 0 Å². The summed E-state index contributed by atoms with van der Waals surface area (Å²) < 4.78 is 0. The lowest BCUT2D eigenvalue weighted by Crippen LogP contribution is -2.24. The van der Waals surface area contributed by atoms with Crippen LogP contribution in [0.2, 0.25) is 0 Å². The highest BCUT2D eigenvalue weighted by atomic mass is 32.1. The Morgan fingerprint density at radius 1 is 1.39 bits per heavy atom. The lowest BCUT2D eigenvalue weighted by molar-refractivity contribution is -0.122. The first-order valence-electron chi connectivity index (χ1n) is 6.18. The first-order chi connectivity index (χ1) is 8.52. The molecule has 0 radical (unpaired) electrons. The molecule has 1 amide bonds. The van der Waals surface area contributed by atoms with E-state index in [9.17, 15) is 4.79 Å². The number of nitrogens with one attached hydrogen (secondary N) is 1. The Morgan fingerprint density at radius 2 is 2.00 bits per heavy atom. The van der Waals surface area contributed by atoms with Crippen LogP contribution in [-0.4, -0.2) is 10.9 Å². The minimum atomic E-state index is 0.0998. The van der Waals surface area contributed by atoms with E-state index in [0.29, 0.717) is 23.9 Å². The predicted octanol–water partition coefficient (Wildman–Crippen LogP) is 2.37. The summed E-state index contributed by atoms with van der Waals surface area (Å²) >= 11 is 4.88. The molecule has 18 heavy (non-hydrogen) atoms. The molecule has 0 aromatic heterocycles. The van der Waals surface area contributed by atoms with Gasteiger partial charge in [-0.2, -0.15) is 0 Å². The number of carbonyl (C=O) groups is 1. The molecule has 1 rings (SSSR count). The van der Waals surface area contributed by atoms with Gasteiger partial charge in [-0.3, -0.25) is 4.79 Å². The van der Waals surface area contributed by atoms with Crippen LogP contribution >= 0.6 is 12.2 Å². The van der Waals surface area contributed by atoms with E-state index in [1.54, 1.807) is 0 Å². The molecule has 0 spiro atoms. The van der Waals surface area contributed by atoms with Crippen molar-refractivity contribution in [3.05, 3.63) is 35.4 Å². The summed E-state index contributed by atoms with van der Waals surface area (Å²) in [6.07, 6.45) is 1.61. The quantitative estimate of drug-likeness (QED) is 0.776. The Balaban J connectivity index is 2.44. The molecular weight excluding hydrogens is 244 g/mol. The number of thiocarbonyl (C=S) groups is 1. The van der Waals surface area contributed by atoms with Crippen LogP contribution in [0.25, 0.3) is 0 Å². The van der Waals surface area contributed by atoms with E-state index in [4.69, 9.17) is 18.0 Å². The van der Waals surface area contributed by atoms with Crippen LogP contribution in [0.3, 0.4) is 0 Å². The monoisotopic (exact) mass is 264 g/mol. The third-order valence-electron chi connectivity index (χ3n) is 2.96. The highest BCUT2D eigenvalue weighted by Crippen LogP contribution is 2.07. The number of hydrogen-bond acceptors (Lipinski definition) is 2. The molecule has 0 fully saturated rings. The van der Waals surface area contributed by atoms with Crippen LogP contribution in [-0.2, 0) is 11.3 Å². The van der Waals surface area contributed by atoms with Crippen molar-refractivity contribution in [1.82, 2.24) is 5.32 Å². The van der Waals surface area contributed by atoms with Gasteiger partial charge in [0, 0.05) is 18.5 Å². The number of rotatable bonds is 6. The molecule has 98 valence electrons. The second kappa shape index (κ2) is 7.11. The molecule has 0 heterocycles. The van der Waals surface area contributed by atoms with E-state index < -0.39 is 0 Å². The molecule has 3 N–H and O–H groups in total. The second-order valence-electron chi connectivity index (χ2n) is 4.56. The van der Waals surface area contributed by atoms with E-state index in [0.717, 1.165) is 17.5 Å². The first kappa shape index (κ1) is 14.6. The van der Waals surface area contributed by atoms with Crippen molar-refractivity contribution in [2.24, 2.45) is 11.7 Å². The van der Waals surface area contributed by atoms with E-state index in [1.165, 1.54) is 0 Å². The zero-order valence-corrected chi connectivity index (χ0v) is 11.7. The van der Waals surface area contributed by atoms with Gasteiger partial charge in [-0.25, -0.2) is 0 Å². The van der Waals surface area contributed by atoms with Crippen LogP contribution in [0.1, 0.15) is 37.8 Å². The van der Waals surface area contributed by atoms with E-state index in [-0.39, 0.29) is 5.91 Å². The third kappa shape index (κ3) is 4.84. The Kier molecular flexibility index (Phi) is 5.78. The highest BCUT2D eigenvalue weighted by Gasteiger charge is 2.06. The van der Waals surface area contributed by atoms with Crippen molar-refractivity contribution in [3.8, 4) is 0 Å². The fraction of sp³-hybridized carbons (Fsp3) is 0.429. The van der Waals surface area contributed by atoms with Crippen LogP contribution in [0.15, 0.2) is 24.3 Å². The van der Waals surface area contributed by atoms with Gasteiger partial charge in [-0.1, -0.05) is 56.8 Å². The molecule has 0 bridgehead atoms. The standard InChI is InChI=1S/C14H20N2OS/c1-3-10(2)8-13(17)16-9-11-4-6-12(7-5-11)14(15)18/h4-7,10H,3,8-9H2,1-2H3,(H2,15,18)(H,16,17). The largest absolute Gasteiger partial charge is 0.389 e. The van der Waals surface area contributed by atoms with Crippen LogP contribution in [0.4, 0.5) is 0 Å². The maximum absolute atomic E-state index is 11.6. The predicted molar refractivity (Wildman–Crippen MR) is 78.2 cm³/mol. The average molecular weight is 264 g/mol. The maximum Gasteiger partial charge on any atom is 0.220 e. The zero-order valence-electron chi connectivity index (χ0n) is 10.9. The normalized spacial score (nSPS) is 11.9. The molecule has 0 saturated heterocycles. The van der Waals surface area contributed by atoms with Crippen molar-refractivity contribution in [1.29, 1.82) is 0 Å². The van der Waals surface area contributed by atoms with Crippen LogP contribution in [0.5, 0.6) is 0 Å². The first-order valence-corrected chi connectivity index (χ1v) is 6.59. The Bertz CT molecular complexity index is 414. The molecule has 3 nitrogen and oxygen atoms in total. The summed E-state index contributed by atoms with van der Waals surface area (Å²) in [6, 6.07) is 7.60. The fourth-order valence-electron chi connectivity index (χ4n) is 1.52. The minimum absolute atomic E-state index is 0.0998. The van der Waals surface area contributed by atoms with Gasteiger partial charge >= 0.3 is 0 Å². The number of hydrogen-bond donors (Lipinski definition) is 2. The SMILES string of the molecule is CCC(C)CC(=O)NCc1ccc(C(N)=S)cc1. The van der Waals surface area contributed by atoms with Gasteiger partial charge in [0.05, 0.1) is 0 Å². The third-order valence-corrected chi connectivity index (χ3v) is 3.19. The van der Waals surface area contributed by atoms with Gasteiger partial charge in [-0.05, 0) is 11.5 Å². The molecule has 1 unspecified atom stereocenters. The summed E-state index contributed by atoms with van der Waals surface area (Å²) in [5.41, 5.74) is 7.41. The number of benzene rings is 1. The molecule has 1 aromatic rings. The summed E-state index contributed by atoms with van der Waals surface area (Å²) in [5.74, 6) is 0.532.